The Kier molecular flexibility index (Phi) is 3.93. The summed E-state index contributed by atoms with van der Waals surface area (Å²) in [5.41, 5.74) is 1.33. The summed E-state index contributed by atoms with van der Waals surface area (Å²) in [6.07, 6.45) is 1.10. The van der Waals surface area contributed by atoms with Gasteiger partial charge in [-0.3, -0.25) is 4.99 Å². The van der Waals surface area contributed by atoms with Crippen LogP contribution in [0, 0.1) is 11.3 Å². The van der Waals surface area contributed by atoms with Gasteiger partial charge in [0.25, 0.3) is 0 Å². The van der Waals surface area contributed by atoms with Crippen LogP contribution in [0.5, 0.6) is 0 Å². The highest BCUT2D eigenvalue weighted by molar-refractivity contribution is 8.15. The second-order valence-corrected chi connectivity index (χ2v) is 5.42. The quantitative estimate of drug-likeness (QED) is 0.890. The zero-order valence-corrected chi connectivity index (χ0v) is 11.0. The molecule has 0 saturated heterocycles. The van der Waals surface area contributed by atoms with Crippen LogP contribution >= 0.6 is 23.4 Å². The van der Waals surface area contributed by atoms with Crippen molar-refractivity contribution < 1.29 is 0 Å². The van der Waals surface area contributed by atoms with E-state index in [2.05, 4.69) is 23.3 Å². The molecule has 1 aromatic carbocycles. The molecule has 1 unspecified atom stereocenters. The molecule has 0 bridgehead atoms. The smallest absolute Gasteiger partial charge is 0.161 e. The summed E-state index contributed by atoms with van der Waals surface area (Å²) in [4.78, 5) is 4.41. The average Bonchev–Trinajstić information content (AvgIpc) is 2.80. The minimum Gasteiger partial charge on any atom is -0.334 e. The first-order chi connectivity index (χ1) is 8.22. The average molecular weight is 266 g/mol. The van der Waals surface area contributed by atoms with Crippen molar-refractivity contribution in [3.05, 3.63) is 28.8 Å². The normalized spacial score (nSPS) is 18.6. The number of nitrogens with one attached hydrogen (secondary N) is 1. The standard InChI is InChI=1S/C12H12ClN3S/c1-2-9-7-15-12(17-9)16-11-5-8(6-14)3-4-10(11)13/h3-5,9H,2,7H2,1H3,(H,15,16). The highest BCUT2D eigenvalue weighted by atomic mass is 35.5. The Morgan fingerprint density at radius 2 is 2.47 bits per heavy atom. The molecular formula is C12H12ClN3S. The Bertz CT molecular complexity index is 493. The van der Waals surface area contributed by atoms with Crippen LogP contribution in [0.2, 0.25) is 5.02 Å². The van der Waals surface area contributed by atoms with Crippen LogP contribution in [0.3, 0.4) is 0 Å². The minimum absolute atomic E-state index is 0.551. The number of aliphatic imine (C=N–C) groups is 1. The van der Waals surface area contributed by atoms with Crippen molar-refractivity contribution in [1.29, 1.82) is 5.26 Å². The monoisotopic (exact) mass is 265 g/mol. The van der Waals surface area contributed by atoms with E-state index in [4.69, 9.17) is 16.9 Å². The van der Waals surface area contributed by atoms with Crippen molar-refractivity contribution >= 4 is 34.2 Å². The largest absolute Gasteiger partial charge is 0.334 e. The lowest BCUT2D eigenvalue weighted by Crippen LogP contribution is -2.07. The fourth-order valence-corrected chi connectivity index (χ4v) is 2.62. The van der Waals surface area contributed by atoms with E-state index < -0.39 is 0 Å². The SMILES string of the molecule is CCC1CN=C(Nc2cc(C#N)ccc2Cl)S1. The molecule has 5 heteroatoms. The Hall–Kier alpha value is -1.18. The second kappa shape index (κ2) is 5.44. The molecule has 0 saturated carbocycles. The van der Waals surface area contributed by atoms with E-state index in [9.17, 15) is 0 Å². The summed E-state index contributed by atoms with van der Waals surface area (Å²) >= 11 is 7.79. The van der Waals surface area contributed by atoms with Gasteiger partial charge in [0.15, 0.2) is 5.17 Å². The third kappa shape index (κ3) is 2.93. The van der Waals surface area contributed by atoms with Gasteiger partial charge in [0.2, 0.25) is 0 Å². The number of nitrogens with zero attached hydrogens (tertiary/aromatic N) is 2. The molecule has 88 valence electrons. The van der Waals surface area contributed by atoms with Crippen molar-refractivity contribution in [2.45, 2.75) is 18.6 Å². The molecule has 0 spiro atoms. The number of hydrogen-bond acceptors (Lipinski definition) is 4. The number of anilines is 1. The second-order valence-electron chi connectivity index (χ2n) is 3.73. The van der Waals surface area contributed by atoms with Gasteiger partial charge in [0.05, 0.1) is 28.9 Å². The van der Waals surface area contributed by atoms with E-state index in [-0.39, 0.29) is 0 Å². The van der Waals surface area contributed by atoms with Gasteiger partial charge in [-0.1, -0.05) is 30.3 Å². The summed E-state index contributed by atoms with van der Waals surface area (Å²) in [5, 5.41) is 14.1. The van der Waals surface area contributed by atoms with Crippen LogP contribution in [0.4, 0.5) is 5.69 Å². The molecule has 3 nitrogen and oxygen atoms in total. The van der Waals surface area contributed by atoms with E-state index in [0.29, 0.717) is 15.8 Å². The Balaban J connectivity index is 2.12. The molecule has 2 rings (SSSR count). The predicted octanol–water partition coefficient (Wildman–Crippen LogP) is 3.50. The Morgan fingerprint density at radius 3 is 3.12 bits per heavy atom. The molecular weight excluding hydrogens is 254 g/mol. The predicted molar refractivity (Wildman–Crippen MR) is 73.8 cm³/mol. The summed E-state index contributed by atoms with van der Waals surface area (Å²) in [7, 11) is 0. The number of hydrogen-bond donors (Lipinski definition) is 1. The molecule has 0 aliphatic carbocycles. The first-order valence-electron chi connectivity index (χ1n) is 5.40. The summed E-state index contributed by atoms with van der Waals surface area (Å²) < 4.78 is 0. The molecule has 0 radical (unpaired) electrons. The molecule has 1 heterocycles. The van der Waals surface area contributed by atoms with Gasteiger partial charge in [-0.2, -0.15) is 5.26 Å². The van der Waals surface area contributed by atoms with Crippen LogP contribution in [0.15, 0.2) is 23.2 Å². The zero-order valence-electron chi connectivity index (χ0n) is 9.40. The lowest BCUT2D eigenvalue weighted by Gasteiger charge is -2.08. The Labute approximate surface area is 110 Å². The van der Waals surface area contributed by atoms with Gasteiger partial charge < -0.3 is 5.32 Å². The number of amidine groups is 1. The third-order valence-corrected chi connectivity index (χ3v) is 4.11. The van der Waals surface area contributed by atoms with Crippen LogP contribution in [-0.2, 0) is 0 Å². The molecule has 1 N–H and O–H groups in total. The molecule has 0 fully saturated rings. The van der Waals surface area contributed by atoms with Gasteiger partial charge in [-0.05, 0) is 24.6 Å². The van der Waals surface area contributed by atoms with Crippen LogP contribution in [0.25, 0.3) is 0 Å². The van der Waals surface area contributed by atoms with Gasteiger partial charge in [-0.25, -0.2) is 0 Å². The van der Waals surface area contributed by atoms with Crippen molar-refractivity contribution in [2.24, 2.45) is 4.99 Å². The van der Waals surface area contributed by atoms with E-state index in [1.54, 1.807) is 30.0 Å². The number of benzene rings is 1. The van der Waals surface area contributed by atoms with Crippen molar-refractivity contribution in [2.75, 3.05) is 11.9 Å². The van der Waals surface area contributed by atoms with E-state index >= 15 is 0 Å². The lowest BCUT2D eigenvalue weighted by molar-refractivity contribution is 0.843. The number of nitriles is 1. The van der Waals surface area contributed by atoms with E-state index in [0.717, 1.165) is 23.8 Å². The minimum atomic E-state index is 0.551. The topological polar surface area (TPSA) is 48.2 Å². The van der Waals surface area contributed by atoms with Gasteiger partial charge in [0.1, 0.15) is 0 Å². The molecule has 0 aromatic heterocycles. The molecule has 0 amide bonds. The summed E-state index contributed by atoms with van der Waals surface area (Å²) in [5.74, 6) is 0. The Morgan fingerprint density at radius 1 is 1.65 bits per heavy atom. The van der Waals surface area contributed by atoms with Gasteiger partial charge in [0, 0.05) is 5.25 Å². The van der Waals surface area contributed by atoms with Crippen LogP contribution in [-0.4, -0.2) is 17.0 Å². The van der Waals surface area contributed by atoms with Gasteiger partial charge >= 0.3 is 0 Å². The van der Waals surface area contributed by atoms with Crippen molar-refractivity contribution in [1.82, 2.24) is 0 Å². The fourth-order valence-electron chi connectivity index (χ4n) is 1.50. The lowest BCUT2D eigenvalue weighted by atomic mass is 10.2. The fraction of sp³-hybridized carbons (Fsp3) is 0.333. The van der Waals surface area contributed by atoms with Crippen LogP contribution < -0.4 is 5.32 Å². The number of thioether (sulfide) groups is 1. The van der Waals surface area contributed by atoms with E-state index in [1.165, 1.54) is 0 Å². The molecule has 1 aliphatic heterocycles. The van der Waals surface area contributed by atoms with Crippen molar-refractivity contribution in [3.63, 3.8) is 0 Å². The first kappa shape index (κ1) is 12.3. The maximum Gasteiger partial charge on any atom is 0.161 e. The zero-order chi connectivity index (χ0) is 12.3. The molecule has 17 heavy (non-hydrogen) atoms. The van der Waals surface area contributed by atoms with E-state index in [1.807, 2.05) is 0 Å². The molecule has 1 aliphatic rings. The summed E-state index contributed by atoms with van der Waals surface area (Å²) in [6.45, 7) is 3.00. The molecule has 1 atom stereocenters. The van der Waals surface area contributed by atoms with Crippen LogP contribution in [0.1, 0.15) is 18.9 Å². The maximum atomic E-state index is 8.84. The summed E-state index contributed by atoms with van der Waals surface area (Å²) in [6, 6.07) is 7.26. The number of rotatable bonds is 2. The highest BCUT2D eigenvalue weighted by Gasteiger charge is 2.18. The number of halogens is 1. The maximum absolute atomic E-state index is 8.84. The molecule has 1 aromatic rings. The van der Waals surface area contributed by atoms with Crippen molar-refractivity contribution in [3.8, 4) is 6.07 Å². The third-order valence-electron chi connectivity index (χ3n) is 2.51. The first-order valence-corrected chi connectivity index (χ1v) is 6.66. The highest BCUT2D eigenvalue weighted by Crippen LogP contribution is 2.28. The van der Waals surface area contributed by atoms with Gasteiger partial charge in [-0.15, -0.1) is 0 Å².